The van der Waals surface area contributed by atoms with Gasteiger partial charge in [0, 0.05) is 21.7 Å². The molecule has 0 radical (unpaired) electrons. The van der Waals surface area contributed by atoms with Crippen LogP contribution in [0.5, 0.6) is 11.5 Å². The van der Waals surface area contributed by atoms with E-state index in [0.717, 1.165) is 44.4 Å². The van der Waals surface area contributed by atoms with Crippen LogP contribution in [-0.2, 0) is 7.05 Å². The number of rotatable bonds is 0. The zero-order chi connectivity index (χ0) is 20.9. The Balaban J connectivity index is 1.74. The summed E-state index contributed by atoms with van der Waals surface area (Å²) in [4.78, 5) is 0. The van der Waals surface area contributed by atoms with Crippen molar-refractivity contribution in [1.82, 2.24) is 0 Å². The molecule has 0 aliphatic carbocycles. The van der Waals surface area contributed by atoms with Crippen molar-refractivity contribution < 1.29 is 13.7 Å². The van der Waals surface area contributed by atoms with Crippen LogP contribution in [0.25, 0.3) is 54.7 Å². The molecule has 6 aromatic rings. The number of ether oxygens (including phenoxy) is 1. The summed E-state index contributed by atoms with van der Waals surface area (Å²) in [5.41, 5.74) is 6.51. The van der Waals surface area contributed by atoms with Crippen LogP contribution in [-0.4, -0.2) is 0 Å². The normalized spacial score (nSPS) is 12.6. The molecule has 0 unspecified atom stereocenters. The second kappa shape index (κ2) is 5.64. The molecule has 3 heteroatoms. The van der Waals surface area contributed by atoms with Gasteiger partial charge in [0.05, 0.1) is 5.56 Å². The highest BCUT2D eigenvalue weighted by atomic mass is 16.5. The van der Waals surface area contributed by atoms with Gasteiger partial charge in [-0.05, 0) is 48.4 Å². The molecular formula is C28H20NO2+. The fraction of sp³-hybridized carbons (Fsp3) is 0.107. The van der Waals surface area contributed by atoms with Crippen LogP contribution < -0.4 is 9.30 Å². The van der Waals surface area contributed by atoms with Gasteiger partial charge in [0.1, 0.15) is 23.8 Å². The number of benzene rings is 4. The Bertz CT molecular complexity index is 1740. The largest absolute Gasteiger partial charge is 0.452 e. The van der Waals surface area contributed by atoms with Crippen molar-refractivity contribution in [1.29, 1.82) is 0 Å². The average Bonchev–Trinajstić information content (AvgIpc) is 3.15. The molecule has 31 heavy (non-hydrogen) atoms. The van der Waals surface area contributed by atoms with Crippen LogP contribution in [0.2, 0.25) is 0 Å². The second-order valence-corrected chi connectivity index (χ2v) is 8.57. The number of pyridine rings is 1. The van der Waals surface area contributed by atoms with Crippen molar-refractivity contribution in [2.45, 2.75) is 13.8 Å². The molecule has 0 bridgehead atoms. The number of nitrogens with zero attached hydrogens (tertiary/aromatic N) is 1. The number of hydrogen-bond acceptors (Lipinski definition) is 2. The third kappa shape index (κ3) is 2.05. The number of para-hydroxylation sites is 1. The summed E-state index contributed by atoms with van der Waals surface area (Å²) in [5, 5.41) is 6.99. The lowest BCUT2D eigenvalue weighted by atomic mass is 9.90. The first kappa shape index (κ1) is 16.9. The van der Waals surface area contributed by atoms with E-state index in [1.54, 1.807) is 0 Å². The number of aromatic nitrogens is 1. The standard InChI is InChI=1S/C28H20NO2/c1-15-14-29(3)26-24-16(2)18-9-5-4-8-17(18)12-23(24)31-28-25(26)20(15)13-21-19-10-6-7-11-22(19)30-27(21)28/h4-14H,1-3H3/q+1. The van der Waals surface area contributed by atoms with Crippen LogP contribution in [0.15, 0.2) is 71.3 Å². The predicted molar refractivity (Wildman–Crippen MR) is 125 cm³/mol. The molecule has 3 heterocycles. The Morgan fingerprint density at radius 2 is 1.58 bits per heavy atom. The van der Waals surface area contributed by atoms with Gasteiger partial charge in [-0.1, -0.05) is 42.5 Å². The van der Waals surface area contributed by atoms with Gasteiger partial charge in [0.2, 0.25) is 5.69 Å². The van der Waals surface area contributed by atoms with Crippen molar-refractivity contribution in [3.63, 3.8) is 0 Å². The maximum Gasteiger partial charge on any atom is 0.228 e. The first-order chi connectivity index (χ1) is 15.1. The number of hydrogen-bond donors (Lipinski definition) is 0. The zero-order valence-corrected chi connectivity index (χ0v) is 17.6. The molecule has 0 fully saturated rings. The molecule has 3 nitrogen and oxygen atoms in total. The molecule has 0 atom stereocenters. The number of aryl methyl sites for hydroxylation is 3. The Hall–Kier alpha value is -3.85. The third-order valence-electron chi connectivity index (χ3n) is 6.75. The van der Waals surface area contributed by atoms with Gasteiger partial charge >= 0.3 is 0 Å². The minimum absolute atomic E-state index is 0.817. The summed E-state index contributed by atoms with van der Waals surface area (Å²) >= 11 is 0. The Morgan fingerprint density at radius 1 is 0.806 bits per heavy atom. The highest BCUT2D eigenvalue weighted by Crippen LogP contribution is 2.52. The summed E-state index contributed by atoms with van der Waals surface area (Å²) in [6, 6.07) is 21.1. The van der Waals surface area contributed by atoms with Crippen LogP contribution in [0.1, 0.15) is 11.1 Å². The lowest BCUT2D eigenvalue weighted by Gasteiger charge is -2.22. The molecule has 0 saturated heterocycles. The minimum Gasteiger partial charge on any atom is -0.452 e. The maximum atomic E-state index is 6.68. The molecule has 0 N–H and O–H groups in total. The highest BCUT2D eigenvalue weighted by molar-refractivity contribution is 6.18. The summed E-state index contributed by atoms with van der Waals surface area (Å²) in [6.45, 7) is 4.36. The van der Waals surface area contributed by atoms with E-state index in [1.807, 2.05) is 12.1 Å². The average molecular weight is 402 g/mol. The molecule has 0 spiro atoms. The fourth-order valence-corrected chi connectivity index (χ4v) is 5.36. The minimum atomic E-state index is 0.817. The molecule has 0 saturated carbocycles. The molecule has 2 aromatic heterocycles. The van der Waals surface area contributed by atoms with Gasteiger partial charge in [-0.25, -0.2) is 0 Å². The SMILES string of the molecule is Cc1c2c(cc3ccccc13)Oc1c3oc4ccccc4c3cc3c(C)c[n+](C)c-2c13. The second-order valence-electron chi connectivity index (χ2n) is 8.57. The fourth-order valence-electron chi connectivity index (χ4n) is 5.36. The van der Waals surface area contributed by atoms with E-state index >= 15 is 0 Å². The Morgan fingerprint density at radius 3 is 2.45 bits per heavy atom. The van der Waals surface area contributed by atoms with E-state index in [4.69, 9.17) is 9.15 Å². The molecule has 0 amide bonds. The van der Waals surface area contributed by atoms with E-state index in [1.165, 1.54) is 33.0 Å². The monoisotopic (exact) mass is 402 g/mol. The summed E-state index contributed by atoms with van der Waals surface area (Å²) in [5.74, 6) is 1.71. The Kier molecular flexibility index (Phi) is 3.07. The van der Waals surface area contributed by atoms with Crippen molar-refractivity contribution >= 4 is 43.5 Å². The van der Waals surface area contributed by atoms with E-state index < -0.39 is 0 Å². The maximum absolute atomic E-state index is 6.68. The molecule has 148 valence electrons. The van der Waals surface area contributed by atoms with Gasteiger partial charge in [0.25, 0.3) is 0 Å². The summed E-state index contributed by atoms with van der Waals surface area (Å²) < 4.78 is 15.3. The molecule has 1 aliphatic rings. The van der Waals surface area contributed by atoms with E-state index in [-0.39, 0.29) is 0 Å². The first-order valence-electron chi connectivity index (χ1n) is 10.6. The van der Waals surface area contributed by atoms with E-state index in [2.05, 4.69) is 80.2 Å². The van der Waals surface area contributed by atoms with Gasteiger partial charge in [-0.15, -0.1) is 0 Å². The predicted octanol–water partition coefficient (Wildman–Crippen LogP) is 7.11. The Labute approximate surface area is 179 Å². The van der Waals surface area contributed by atoms with Gasteiger partial charge in [-0.3, -0.25) is 0 Å². The quantitative estimate of drug-likeness (QED) is 0.253. The summed E-state index contributed by atoms with van der Waals surface area (Å²) in [6.07, 6.45) is 2.22. The van der Waals surface area contributed by atoms with Crippen molar-refractivity contribution in [2.75, 3.05) is 0 Å². The lowest BCUT2D eigenvalue weighted by molar-refractivity contribution is -0.659. The van der Waals surface area contributed by atoms with Crippen molar-refractivity contribution in [2.24, 2.45) is 7.05 Å². The van der Waals surface area contributed by atoms with Crippen LogP contribution in [0.3, 0.4) is 0 Å². The topological polar surface area (TPSA) is 26.2 Å². The number of fused-ring (bicyclic) bond motifs is 7. The zero-order valence-electron chi connectivity index (χ0n) is 17.6. The molecular weight excluding hydrogens is 382 g/mol. The van der Waals surface area contributed by atoms with Gasteiger partial charge in [0.15, 0.2) is 17.5 Å². The first-order valence-corrected chi connectivity index (χ1v) is 10.6. The van der Waals surface area contributed by atoms with E-state index in [9.17, 15) is 0 Å². The molecule has 1 aliphatic heterocycles. The molecule has 7 rings (SSSR count). The number of furan rings is 1. The van der Waals surface area contributed by atoms with Crippen molar-refractivity contribution in [3.8, 4) is 22.8 Å². The smallest absolute Gasteiger partial charge is 0.228 e. The third-order valence-corrected chi connectivity index (χ3v) is 6.75. The van der Waals surface area contributed by atoms with Gasteiger partial charge in [-0.2, -0.15) is 4.57 Å². The summed E-state index contributed by atoms with van der Waals surface area (Å²) in [7, 11) is 2.12. The lowest BCUT2D eigenvalue weighted by Crippen LogP contribution is -2.32. The molecule has 4 aromatic carbocycles. The van der Waals surface area contributed by atoms with Crippen LogP contribution in [0, 0.1) is 13.8 Å². The van der Waals surface area contributed by atoms with Crippen molar-refractivity contribution in [3.05, 3.63) is 78.0 Å². The van der Waals surface area contributed by atoms with Crippen LogP contribution in [0.4, 0.5) is 0 Å². The van der Waals surface area contributed by atoms with Gasteiger partial charge < -0.3 is 9.15 Å². The van der Waals surface area contributed by atoms with Crippen LogP contribution >= 0.6 is 0 Å². The van der Waals surface area contributed by atoms with E-state index in [0.29, 0.717) is 0 Å². The highest BCUT2D eigenvalue weighted by Gasteiger charge is 2.33.